The van der Waals surface area contributed by atoms with Crippen LogP contribution in [0.3, 0.4) is 0 Å². The number of hydrogen-bond acceptors (Lipinski definition) is 4. The number of likely N-dealkylation sites (tertiary alicyclic amines) is 1. The SMILES string of the molecule is CCC1(C(=O)O)CCN(C(=O)NCc2cnc(C)cn2)C1. The summed E-state index contributed by atoms with van der Waals surface area (Å²) in [5.74, 6) is -0.829. The fraction of sp³-hybridized carbons (Fsp3) is 0.571. The summed E-state index contributed by atoms with van der Waals surface area (Å²) in [5, 5.41) is 12.1. The molecule has 0 radical (unpaired) electrons. The highest BCUT2D eigenvalue weighted by Gasteiger charge is 2.44. The third-order valence-corrected chi connectivity index (χ3v) is 4.03. The average Bonchev–Trinajstić information content (AvgIpc) is 2.92. The van der Waals surface area contributed by atoms with Crippen LogP contribution in [0.15, 0.2) is 12.4 Å². The van der Waals surface area contributed by atoms with E-state index in [1.54, 1.807) is 17.3 Å². The van der Waals surface area contributed by atoms with Crippen molar-refractivity contribution in [3.8, 4) is 0 Å². The molecule has 7 heteroatoms. The summed E-state index contributed by atoms with van der Waals surface area (Å²) in [5.41, 5.74) is 0.688. The number of aromatic nitrogens is 2. The van der Waals surface area contributed by atoms with Crippen molar-refractivity contribution in [2.75, 3.05) is 13.1 Å². The van der Waals surface area contributed by atoms with Gasteiger partial charge in [0.15, 0.2) is 0 Å². The smallest absolute Gasteiger partial charge is 0.317 e. The molecule has 7 nitrogen and oxygen atoms in total. The van der Waals surface area contributed by atoms with E-state index in [-0.39, 0.29) is 19.1 Å². The Morgan fingerprint density at radius 1 is 1.43 bits per heavy atom. The highest BCUT2D eigenvalue weighted by atomic mass is 16.4. The van der Waals surface area contributed by atoms with Crippen molar-refractivity contribution in [1.29, 1.82) is 0 Å². The predicted octanol–water partition coefficient (Wildman–Crippen LogP) is 1.18. The van der Waals surface area contributed by atoms with Crippen LogP contribution < -0.4 is 5.32 Å². The number of carbonyl (C=O) groups is 2. The summed E-state index contributed by atoms with van der Waals surface area (Å²) < 4.78 is 0. The van der Waals surface area contributed by atoms with Gasteiger partial charge in [0, 0.05) is 19.3 Å². The second-order valence-corrected chi connectivity index (χ2v) is 5.42. The lowest BCUT2D eigenvalue weighted by Crippen LogP contribution is -2.41. The van der Waals surface area contributed by atoms with E-state index in [9.17, 15) is 14.7 Å². The van der Waals surface area contributed by atoms with Crippen LogP contribution in [0, 0.1) is 12.3 Å². The third-order valence-electron chi connectivity index (χ3n) is 4.03. The number of amides is 2. The maximum Gasteiger partial charge on any atom is 0.317 e. The molecule has 1 aromatic heterocycles. The van der Waals surface area contributed by atoms with Gasteiger partial charge in [0.25, 0.3) is 0 Å². The van der Waals surface area contributed by atoms with E-state index < -0.39 is 11.4 Å². The van der Waals surface area contributed by atoms with Gasteiger partial charge in [-0.25, -0.2) is 4.79 Å². The molecule has 1 unspecified atom stereocenters. The Bertz CT molecular complexity index is 532. The first-order chi connectivity index (χ1) is 9.97. The Hall–Kier alpha value is -2.18. The van der Waals surface area contributed by atoms with Gasteiger partial charge < -0.3 is 15.3 Å². The molecule has 2 N–H and O–H groups in total. The highest BCUT2D eigenvalue weighted by Crippen LogP contribution is 2.34. The molecule has 1 saturated heterocycles. The number of nitrogens with zero attached hydrogens (tertiary/aromatic N) is 3. The Balaban J connectivity index is 1.90. The van der Waals surface area contributed by atoms with Gasteiger partial charge in [0.1, 0.15) is 0 Å². The van der Waals surface area contributed by atoms with E-state index in [0.29, 0.717) is 25.1 Å². The van der Waals surface area contributed by atoms with Crippen molar-refractivity contribution in [1.82, 2.24) is 20.2 Å². The molecule has 0 bridgehead atoms. The van der Waals surface area contributed by atoms with E-state index in [1.807, 2.05) is 13.8 Å². The predicted molar refractivity (Wildman–Crippen MR) is 75.6 cm³/mol. The number of urea groups is 1. The van der Waals surface area contributed by atoms with Crippen molar-refractivity contribution in [3.05, 3.63) is 23.8 Å². The van der Waals surface area contributed by atoms with Gasteiger partial charge in [0.05, 0.1) is 29.5 Å². The van der Waals surface area contributed by atoms with Gasteiger partial charge in [-0.3, -0.25) is 14.8 Å². The summed E-state index contributed by atoms with van der Waals surface area (Å²) in [7, 11) is 0. The Morgan fingerprint density at radius 2 is 2.19 bits per heavy atom. The first-order valence-corrected chi connectivity index (χ1v) is 7.00. The minimum Gasteiger partial charge on any atom is -0.481 e. The van der Waals surface area contributed by atoms with Gasteiger partial charge in [-0.05, 0) is 19.8 Å². The van der Waals surface area contributed by atoms with Crippen molar-refractivity contribution < 1.29 is 14.7 Å². The van der Waals surface area contributed by atoms with Crippen molar-refractivity contribution in [2.45, 2.75) is 33.2 Å². The van der Waals surface area contributed by atoms with Crippen molar-refractivity contribution >= 4 is 12.0 Å². The minimum absolute atomic E-state index is 0.254. The lowest BCUT2D eigenvalue weighted by Gasteiger charge is -2.23. The molecule has 1 aromatic rings. The summed E-state index contributed by atoms with van der Waals surface area (Å²) in [6.45, 7) is 4.69. The maximum atomic E-state index is 12.1. The molecule has 114 valence electrons. The number of carbonyl (C=O) groups excluding carboxylic acids is 1. The van der Waals surface area contributed by atoms with Crippen LogP contribution in [0.5, 0.6) is 0 Å². The van der Waals surface area contributed by atoms with E-state index in [4.69, 9.17) is 0 Å². The van der Waals surface area contributed by atoms with Gasteiger partial charge in [-0.1, -0.05) is 6.92 Å². The van der Waals surface area contributed by atoms with E-state index in [1.165, 1.54) is 0 Å². The molecule has 1 aliphatic heterocycles. The number of aliphatic carboxylic acids is 1. The lowest BCUT2D eigenvalue weighted by molar-refractivity contribution is -0.148. The molecule has 1 atom stereocenters. The highest BCUT2D eigenvalue weighted by molar-refractivity contribution is 5.79. The molecule has 0 saturated carbocycles. The zero-order valence-electron chi connectivity index (χ0n) is 12.3. The van der Waals surface area contributed by atoms with Gasteiger partial charge in [-0.15, -0.1) is 0 Å². The molecule has 0 spiro atoms. The van der Waals surface area contributed by atoms with Crippen molar-refractivity contribution in [3.63, 3.8) is 0 Å². The average molecular weight is 292 g/mol. The number of nitrogens with one attached hydrogen (secondary N) is 1. The zero-order chi connectivity index (χ0) is 15.5. The van der Waals surface area contributed by atoms with E-state index in [0.717, 1.165) is 5.69 Å². The number of aryl methyl sites for hydroxylation is 1. The quantitative estimate of drug-likeness (QED) is 0.869. The van der Waals surface area contributed by atoms with Gasteiger partial charge >= 0.3 is 12.0 Å². The largest absolute Gasteiger partial charge is 0.481 e. The van der Waals surface area contributed by atoms with Crippen LogP contribution in [0.2, 0.25) is 0 Å². The van der Waals surface area contributed by atoms with Gasteiger partial charge in [0.2, 0.25) is 0 Å². The molecule has 0 aromatic carbocycles. The third kappa shape index (κ3) is 3.29. The molecule has 2 amide bonds. The summed E-state index contributed by atoms with van der Waals surface area (Å²) >= 11 is 0. The fourth-order valence-electron chi connectivity index (χ4n) is 2.45. The maximum absolute atomic E-state index is 12.1. The summed E-state index contributed by atoms with van der Waals surface area (Å²) in [6, 6.07) is -0.256. The van der Waals surface area contributed by atoms with Crippen LogP contribution in [0.1, 0.15) is 31.2 Å². The Morgan fingerprint density at radius 3 is 2.71 bits per heavy atom. The van der Waals surface area contributed by atoms with Gasteiger partial charge in [-0.2, -0.15) is 0 Å². The van der Waals surface area contributed by atoms with Crippen LogP contribution in [-0.4, -0.2) is 45.1 Å². The molecule has 21 heavy (non-hydrogen) atoms. The zero-order valence-corrected chi connectivity index (χ0v) is 12.3. The minimum atomic E-state index is -0.829. The molecule has 1 aliphatic rings. The molecule has 2 heterocycles. The standard InChI is InChI=1S/C14H20N4O3/c1-3-14(12(19)20)4-5-18(9-14)13(21)17-8-11-7-15-10(2)6-16-11/h6-7H,3-5,8-9H2,1-2H3,(H,17,21)(H,19,20). The normalized spacial score (nSPS) is 21.3. The van der Waals surface area contributed by atoms with Crippen LogP contribution in [0.4, 0.5) is 4.79 Å². The van der Waals surface area contributed by atoms with Crippen LogP contribution >= 0.6 is 0 Å². The number of carboxylic acids is 1. The second-order valence-electron chi connectivity index (χ2n) is 5.42. The Labute approximate surface area is 123 Å². The molecule has 1 fully saturated rings. The number of carboxylic acid groups (broad SMARTS) is 1. The molecule has 0 aliphatic carbocycles. The number of hydrogen-bond donors (Lipinski definition) is 2. The monoisotopic (exact) mass is 292 g/mol. The fourth-order valence-corrected chi connectivity index (χ4v) is 2.45. The van der Waals surface area contributed by atoms with E-state index in [2.05, 4.69) is 15.3 Å². The molecular weight excluding hydrogens is 272 g/mol. The number of rotatable bonds is 4. The van der Waals surface area contributed by atoms with Crippen LogP contribution in [-0.2, 0) is 11.3 Å². The second kappa shape index (κ2) is 6.07. The summed E-state index contributed by atoms with van der Waals surface area (Å²) in [4.78, 5) is 33.3. The van der Waals surface area contributed by atoms with Crippen molar-refractivity contribution in [2.24, 2.45) is 5.41 Å². The Kier molecular flexibility index (Phi) is 4.40. The first-order valence-electron chi connectivity index (χ1n) is 7.00. The van der Waals surface area contributed by atoms with Crippen LogP contribution in [0.25, 0.3) is 0 Å². The van der Waals surface area contributed by atoms with E-state index >= 15 is 0 Å². The molecule has 2 rings (SSSR count). The first kappa shape index (κ1) is 15.2. The topological polar surface area (TPSA) is 95.4 Å². The summed E-state index contributed by atoms with van der Waals surface area (Å²) in [6.07, 6.45) is 4.28. The molecular formula is C14H20N4O3. The lowest BCUT2D eigenvalue weighted by atomic mass is 9.84.